The highest BCUT2D eigenvalue weighted by molar-refractivity contribution is 9.12. The van der Waals surface area contributed by atoms with Crippen LogP contribution in [-0.2, 0) is 11.8 Å². The Morgan fingerprint density at radius 3 is 0.657 bits per heavy atom. The number of aromatic hydroxyl groups is 3. The van der Waals surface area contributed by atoms with Crippen LogP contribution >= 0.6 is 150 Å². The first-order chi connectivity index (χ1) is 15.8. The van der Waals surface area contributed by atoms with Crippen molar-refractivity contribution >= 4 is 162 Å². The zero-order chi connectivity index (χ0) is 27.7. The molecule has 0 spiro atoms. The van der Waals surface area contributed by atoms with Crippen LogP contribution in [0.15, 0.2) is 76.7 Å². The van der Waals surface area contributed by atoms with E-state index in [0.29, 0.717) is 26.8 Å². The molecule has 0 bridgehead atoms. The van der Waals surface area contributed by atoms with Crippen molar-refractivity contribution in [2.75, 3.05) is 0 Å². The van der Waals surface area contributed by atoms with Crippen molar-refractivity contribution in [2.24, 2.45) is 0 Å². The fourth-order valence-corrected chi connectivity index (χ4v) is 8.38. The molecule has 0 amide bonds. The molecule has 0 atom stereocenters. The Hall–Kier alpha value is 1.91. The van der Waals surface area contributed by atoms with Gasteiger partial charge in [-0.3, -0.25) is 0 Å². The molecular formula is C18H12Br9O6PS. The molecule has 35 heavy (non-hydrogen) atoms. The van der Waals surface area contributed by atoms with Crippen molar-refractivity contribution in [1.82, 2.24) is 0 Å². The lowest BCUT2D eigenvalue weighted by Crippen LogP contribution is -1.71. The number of halogens is 9. The first kappa shape index (κ1) is 36.9. The van der Waals surface area contributed by atoms with Gasteiger partial charge in [-0.25, -0.2) is 0 Å². The summed E-state index contributed by atoms with van der Waals surface area (Å²) in [5, 5.41) is 27.6. The maximum absolute atomic E-state index is 9.22. The summed E-state index contributed by atoms with van der Waals surface area (Å²) in [6.45, 7) is -3.81. The number of hydrogen-bond donors (Lipinski definition) is 6. The number of phenolic OH excluding ortho intramolecular Hbond substituents is 3. The predicted octanol–water partition coefficient (Wildman–Crippen LogP) is 10.2. The second-order valence-electron chi connectivity index (χ2n) is 5.67. The number of benzene rings is 3. The van der Waals surface area contributed by atoms with Crippen molar-refractivity contribution in [3.8, 4) is 17.2 Å². The van der Waals surface area contributed by atoms with Crippen LogP contribution in [0.2, 0.25) is 0 Å². The molecule has 3 rings (SSSR count). The Balaban J connectivity index is 0.000000453. The fourth-order valence-electron chi connectivity index (χ4n) is 1.60. The van der Waals surface area contributed by atoms with E-state index in [2.05, 4.69) is 155 Å². The van der Waals surface area contributed by atoms with Gasteiger partial charge in [-0.15, -0.1) is 0 Å². The van der Waals surface area contributed by atoms with E-state index >= 15 is 0 Å². The largest absolute Gasteiger partial charge is 0.506 e. The lowest BCUT2D eigenvalue weighted by Gasteiger charge is -1.99. The lowest BCUT2D eigenvalue weighted by atomic mass is 10.3. The summed E-state index contributed by atoms with van der Waals surface area (Å²) in [6.07, 6.45) is 0. The fraction of sp³-hybridized carbons (Fsp3) is 0. The summed E-state index contributed by atoms with van der Waals surface area (Å²) in [5.74, 6) is 0.676. The average Bonchev–Trinajstić information content (AvgIpc) is 2.68. The van der Waals surface area contributed by atoms with Crippen LogP contribution in [0.1, 0.15) is 0 Å². The summed E-state index contributed by atoms with van der Waals surface area (Å²) in [7, 11) is 0. The maximum Gasteiger partial charge on any atom is 0.319 e. The standard InChI is InChI=1S/3C6H3Br3O.H3O3PS/c3*7-3-1-4(8)6(10)5(9)2-3;1-4(2,3)5/h3*1-2,10H;(H3,1,2,3,5). The summed E-state index contributed by atoms with van der Waals surface area (Å²) in [4.78, 5) is 22.7. The summed E-state index contributed by atoms with van der Waals surface area (Å²) in [6, 6.07) is 10.7. The van der Waals surface area contributed by atoms with Crippen LogP contribution < -0.4 is 0 Å². The van der Waals surface area contributed by atoms with Gasteiger partial charge in [0.2, 0.25) is 0 Å². The summed E-state index contributed by atoms with van der Waals surface area (Å²) in [5.41, 5.74) is 0. The molecule has 3 aromatic rings. The van der Waals surface area contributed by atoms with E-state index in [9.17, 15) is 15.3 Å². The zero-order valence-corrected chi connectivity index (χ0v) is 32.4. The molecule has 0 heterocycles. The minimum absolute atomic E-state index is 0.225. The quantitative estimate of drug-likeness (QED) is 0.124. The van der Waals surface area contributed by atoms with Gasteiger partial charge in [0.25, 0.3) is 0 Å². The number of rotatable bonds is 0. The van der Waals surface area contributed by atoms with Gasteiger partial charge in [-0.1, -0.05) is 47.8 Å². The molecule has 17 heteroatoms. The topological polar surface area (TPSA) is 121 Å². The first-order valence-electron chi connectivity index (χ1n) is 8.12. The third-order valence-electron chi connectivity index (χ3n) is 2.94. The van der Waals surface area contributed by atoms with Crippen LogP contribution in [-0.4, -0.2) is 30.0 Å². The maximum atomic E-state index is 9.22. The van der Waals surface area contributed by atoms with Crippen LogP contribution in [0.5, 0.6) is 17.2 Å². The molecule has 3 aromatic carbocycles. The van der Waals surface area contributed by atoms with Crippen molar-refractivity contribution < 1.29 is 30.0 Å². The minimum Gasteiger partial charge on any atom is -0.506 e. The number of hydrogen-bond acceptors (Lipinski definition) is 4. The van der Waals surface area contributed by atoms with E-state index < -0.39 is 6.72 Å². The predicted molar refractivity (Wildman–Crippen MR) is 175 cm³/mol. The molecule has 0 unspecified atom stereocenters. The first-order valence-corrected chi connectivity index (χ1v) is 17.9. The van der Waals surface area contributed by atoms with Gasteiger partial charge >= 0.3 is 6.72 Å². The molecule has 0 aliphatic carbocycles. The molecule has 194 valence electrons. The van der Waals surface area contributed by atoms with E-state index in [-0.39, 0.29) is 17.2 Å². The Labute approximate surface area is 282 Å². The summed E-state index contributed by atoms with van der Waals surface area (Å²) < 4.78 is 6.81. The molecule has 0 fully saturated rings. The highest BCUT2D eigenvalue weighted by Crippen LogP contribution is 2.36. The van der Waals surface area contributed by atoms with E-state index in [4.69, 9.17) is 14.7 Å². The summed E-state index contributed by atoms with van der Waals surface area (Å²) >= 11 is 32.6. The van der Waals surface area contributed by atoms with Crippen molar-refractivity contribution in [3.63, 3.8) is 0 Å². The average molecular weight is 1110 g/mol. The Morgan fingerprint density at radius 2 is 0.543 bits per heavy atom. The second kappa shape index (κ2) is 17.6. The van der Waals surface area contributed by atoms with E-state index in [1.54, 1.807) is 36.4 Å². The van der Waals surface area contributed by atoms with Crippen LogP contribution in [0.4, 0.5) is 0 Å². The molecule has 0 saturated carbocycles. The third-order valence-corrected chi connectivity index (χ3v) is 7.95. The van der Waals surface area contributed by atoms with Crippen LogP contribution in [0.3, 0.4) is 0 Å². The molecule has 0 saturated heterocycles. The van der Waals surface area contributed by atoms with Gasteiger partial charge in [-0.05, 0) is 144 Å². The molecule has 6 N–H and O–H groups in total. The van der Waals surface area contributed by atoms with E-state index in [0.717, 1.165) is 13.4 Å². The van der Waals surface area contributed by atoms with Crippen LogP contribution in [0.25, 0.3) is 0 Å². The van der Waals surface area contributed by atoms with Gasteiger partial charge in [0.05, 0.1) is 26.8 Å². The smallest absolute Gasteiger partial charge is 0.319 e. The highest BCUT2D eigenvalue weighted by Gasteiger charge is 2.04. The Bertz CT molecular complexity index is 1000. The van der Waals surface area contributed by atoms with Crippen molar-refractivity contribution in [2.45, 2.75) is 0 Å². The molecule has 0 aliphatic rings. The van der Waals surface area contributed by atoms with Crippen LogP contribution in [0, 0.1) is 0 Å². The van der Waals surface area contributed by atoms with Crippen molar-refractivity contribution in [1.29, 1.82) is 0 Å². The number of phenols is 3. The molecule has 0 aromatic heterocycles. The molecule has 0 radical (unpaired) electrons. The minimum atomic E-state index is -3.81. The molecule has 0 aliphatic heterocycles. The van der Waals surface area contributed by atoms with E-state index in [1.807, 2.05) is 0 Å². The Kier molecular flexibility index (Phi) is 18.5. The van der Waals surface area contributed by atoms with Gasteiger partial charge < -0.3 is 30.0 Å². The van der Waals surface area contributed by atoms with Crippen molar-refractivity contribution in [3.05, 3.63) is 76.7 Å². The monoisotopic (exact) mass is 1100 g/mol. The van der Waals surface area contributed by atoms with E-state index in [1.165, 1.54) is 0 Å². The molecule has 6 nitrogen and oxygen atoms in total. The highest BCUT2D eigenvalue weighted by atomic mass is 79.9. The Morgan fingerprint density at radius 1 is 0.429 bits per heavy atom. The zero-order valence-electron chi connectivity index (χ0n) is 16.4. The lowest BCUT2D eigenvalue weighted by molar-refractivity contribution is 0.363. The normalized spacial score (nSPS) is 10.2. The van der Waals surface area contributed by atoms with Gasteiger partial charge in [0.1, 0.15) is 17.2 Å². The molecular weight excluding hydrogens is 1090 g/mol. The third kappa shape index (κ3) is 16.6. The van der Waals surface area contributed by atoms with Gasteiger partial charge in [0.15, 0.2) is 0 Å². The van der Waals surface area contributed by atoms with Gasteiger partial charge in [0, 0.05) is 13.4 Å². The second-order valence-corrected chi connectivity index (χ2v) is 16.0. The SMILES string of the molecule is OP(O)(O)=S.Oc1c(Br)cc(Br)cc1Br.Oc1c(Br)cc(Br)cc1Br.Oc1c(Br)cc(Br)cc1Br. The van der Waals surface area contributed by atoms with Gasteiger partial charge in [-0.2, -0.15) is 0 Å².